The molecule has 0 aliphatic heterocycles. The molecule has 28 heavy (non-hydrogen) atoms. The minimum Gasteiger partial charge on any atom is -0.380 e. The van der Waals surface area contributed by atoms with Crippen LogP contribution in [0.1, 0.15) is 11.1 Å². The van der Waals surface area contributed by atoms with Crippen LogP contribution in [0.2, 0.25) is 0 Å². The third kappa shape index (κ3) is 2.83. The van der Waals surface area contributed by atoms with Crippen molar-refractivity contribution < 1.29 is 0 Å². The van der Waals surface area contributed by atoms with E-state index in [1.807, 2.05) is 67.7 Å². The summed E-state index contributed by atoms with van der Waals surface area (Å²) in [5.74, 6) is 0. The molecule has 0 bridgehead atoms. The lowest BCUT2D eigenvalue weighted by molar-refractivity contribution is 1.15. The van der Waals surface area contributed by atoms with Gasteiger partial charge in [-0.3, -0.25) is 9.78 Å². The monoisotopic (exact) mass is 382 g/mol. The van der Waals surface area contributed by atoms with Crippen LogP contribution in [0.4, 0.5) is 5.69 Å². The van der Waals surface area contributed by atoms with Crippen molar-refractivity contribution in [3.63, 3.8) is 0 Å². The van der Waals surface area contributed by atoms with Gasteiger partial charge in [0.15, 0.2) is 5.43 Å². The van der Waals surface area contributed by atoms with Crippen LogP contribution in [0.15, 0.2) is 77.7 Å². The van der Waals surface area contributed by atoms with E-state index in [1.165, 1.54) is 5.56 Å². The maximum absolute atomic E-state index is 13.4. The molecule has 0 atom stereocenters. The number of benzene rings is 3. The standard InChI is InChI=1S/C24H18N2OS/c1-15-10-11-20-17(12-15)24(27)23-21(28-20)14-26-19-9-5-8-18(22(19)23)25-13-16-6-3-2-4-7-16/h2-12,14,25H,13H2,1H3. The minimum atomic E-state index is 0.0776. The number of aryl methyl sites for hydroxylation is 1. The summed E-state index contributed by atoms with van der Waals surface area (Å²) in [5.41, 5.74) is 4.14. The first kappa shape index (κ1) is 16.9. The number of pyridine rings is 1. The lowest BCUT2D eigenvalue weighted by Crippen LogP contribution is -2.05. The Kier molecular flexibility index (Phi) is 4.06. The molecule has 2 heterocycles. The zero-order valence-corrected chi connectivity index (χ0v) is 16.2. The van der Waals surface area contributed by atoms with Crippen molar-refractivity contribution >= 4 is 48.1 Å². The number of nitrogens with zero attached hydrogens (tertiary/aromatic N) is 1. The summed E-state index contributed by atoms with van der Waals surface area (Å²) in [6.07, 6.45) is 1.82. The molecule has 0 amide bonds. The number of hydrogen-bond donors (Lipinski definition) is 1. The molecule has 2 aromatic heterocycles. The summed E-state index contributed by atoms with van der Waals surface area (Å²) in [5, 5.41) is 5.95. The van der Waals surface area contributed by atoms with E-state index in [9.17, 15) is 4.79 Å². The van der Waals surface area contributed by atoms with E-state index in [0.29, 0.717) is 6.54 Å². The molecule has 3 aromatic carbocycles. The molecule has 4 heteroatoms. The fourth-order valence-corrected chi connectivity index (χ4v) is 4.67. The Balaban J connectivity index is 1.77. The van der Waals surface area contributed by atoms with Crippen LogP contribution >= 0.6 is 11.3 Å². The summed E-state index contributed by atoms with van der Waals surface area (Å²) < 4.78 is 1.92. The first-order chi connectivity index (χ1) is 13.7. The molecule has 0 aliphatic rings. The average Bonchev–Trinajstić information content (AvgIpc) is 2.73. The molecule has 0 saturated heterocycles. The van der Waals surface area contributed by atoms with Gasteiger partial charge < -0.3 is 5.32 Å². The molecule has 0 aliphatic carbocycles. The quantitative estimate of drug-likeness (QED) is 0.313. The highest BCUT2D eigenvalue weighted by atomic mass is 32.1. The van der Waals surface area contributed by atoms with Gasteiger partial charge >= 0.3 is 0 Å². The molecule has 1 N–H and O–H groups in total. The van der Waals surface area contributed by atoms with Gasteiger partial charge in [-0.2, -0.15) is 0 Å². The van der Waals surface area contributed by atoms with Crippen LogP contribution in [-0.4, -0.2) is 4.98 Å². The highest BCUT2D eigenvalue weighted by molar-refractivity contribution is 7.24. The summed E-state index contributed by atoms with van der Waals surface area (Å²) in [6, 6.07) is 22.3. The molecule has 136 valence electrons. The molecule has 0 spiro atoms. The Hall–Kier alpha value is -3.24. The van der Waals surface area contributed by atoms with E-state index in [-0.39, 0.29) is 5.43 Å². The van der Waals surface area contributed by atoms with Gasteiger partial charge in [0.25, 0.3) is 0 Å². The van der Waals surface area contributed by atoms with E-state index in [2.05, 4.69) is 22.4 Å². The van der Waals surface area contributed by atoms with Crippen molar-refractivity contribution in [1.29, 1.82) is 0 Å². The van der Waals surface area contributed by atoms with E-state index in [0.717, 1.165) is 42.3 Å². The molecular formula is C24H18N2OS. The minimum absolute atomic E-state index is 0.0776. The third-order valence-electron chi connectivity index (χ3n) is 5.01. The maximum atomic E-state index is 13.4. The van der Waals surface area contributed by atoms with Crippen LogP contribution in [-0.2, 0) is 6.54 Å². The third-order valence-corrected chi connectivity index (χ3v) is 6.12. The number of nitrogens with one attached hydrogen (secondary N) is 1. The number of fused-ring (bicyclic) bond motifs is 4. The SMILES string of the molecule is Cc1ccc2sc3cnc4cccc(NCc5ccccc5)c4c3c(=O)c2c1. The second kappa shape index (κ2) is 6.73. The average molecular weight is 382 g/mol. The summed E-state index contributed by atoms with van der Waals surface area (Å²) in [4.78, 5) is 18.1. The van der Waals surface area contributed by atoms with Gasteiger partial charge in [0.2, 0.25) is 0 Å². The van der Waals surface area contributed by atoms with Gasteiger partial charge in [-0.05, 0) is 36.8 Å². The fraction of sp³-hybridized carbons (Fsp3) is 0.0833. The van der Waals surface area contributed by atoms with Crippen LogP contribution in [0.25, 0.3) is 31.1 Å². The molecule has 0 radical (unpaired) electrons. The topological polar surface area (TPSA) is 42.0 Å². The largest absolute Gasteiger partial charge is 0.380 e. The predicted octanol–water partition coefficient (Wildman–Crippen LogP) is 5.88. The second-order valence-electron chi connectivity index (χ2n) is 6.97. The molecule has 5 aromatic rings. The normalized spacial score (nSPS) is 11.3. The highest BCUT2D eigenvalue weighted by Gasteiger charge is 2.13. The van der Waals surface area contributed by atoms with Crippen molar-refractivity contribution in [2.75, 3.05) is 5.32 Å². The van der Waals surface area contributed by atoms with Gasteiger partial charge in [0.1, 0.15) is 0 Å². The van der Waals surface area contributed by atoms with Gasteiger partial charge in [-0.25, -0.2) is 0 Å². The molecule has 0 fully saturated rings. The van der Waals surface area contributed by atoms with Crippen molar-refractivity contribution in [3.8, 4) is 0 Å². The molecule has 0 unspecified atom stereocenters. The molecular weight excluding hydrogens is 364 g/mol. The predicted molar refractivity (Wildman–Crippen MR) is 119 cm³/mol. The van der Waals surface area contributed by atoms with E-state index in [1.54, 1.807) is 11.3 Å². The molecule has 0 saturated carbocycles. The zero-order valence-electron chi connectivity index (χ0n) is 15.4. The second-order valence-corrected chi connectivity index (χ2v) is 8.05. The Labute approximate surface area is 166 Å². The summed E-state index contributed by atoms with van der Waals surface area (Å²) >= 11 is 1.62. The maximum Gasteiger partial charge on any atom is 0.196 e. The van der Waals surface area contributed by atoms with Crippen LogP contribution in [0, 0.1) is 6.92 Å². The van der Waals surface area contributed by atoms with Crippen molar-refractivity contribution in [2.45, 2.75) is 13.5 Å². The summed E-state index contributed by atoms with van der Waals surface area (Å²) in [6.45, 7) is 2.71. The van der Waals surface area contributed by atoms with Crippen molar-refractivity contribution in [2.24, 2.45) is 0 Å². The number of rotatable bonds is 3. The number of hydrogen-bond acceptors (Lipinski definition) is 4. The molecule has 3 nitrogen and oxygen atoms in total. The zero-order chi connectivity index (χ0) is 19.1. The van der Waals surface area contributed by atoms with E-state index in [4.69, 9.17) is 0 Å². The smallest absolute Gasteiger partial charge is 0.196 e. The first-order valence-electron chi connectivity index (χ1n) is 9.23. The van der Waals surface area contributed by atoms with Gasteiger partial charge in [0.05, 0.1) is 15.6 Å². The Morgan fingerprint density at radius 2 is 1.79 bits per heavy atom. The van der Waals surface area contributed by atoms with E-state index >= 15 is 0 Å². The van der Waals surface area contributed by atoms with Crippen LogP contribution in [0.5, 0.6) is 0 Å². The summed E-state index contributed by atoms with van der Waals surface area (Å²) in [7, 11) is 0. The van der Waals surface area contributed by atoms with Gasteiger partial charge in [-0.15, -0.1) is 11.3 Å². The van der Waals surface area contributed by atoms with E-state index < -0.39 is 0 Å². The number of aromatic nitrogens is 1. The Morgan fingerprint density at radius 3 is 2.64 bits per heavy atom. The fourth-order valence-electron chi connectivity index (χ4n) is 3.63. The van der Waals surface area contributed by atoms with Crippen molar-refractivity contribution in [3.05, 3.63) is 94.3 Å². The number of anilines is 1. The first-order valence-corrected chi connectivity index (χ1v) is 10.0. The lowest BCUT2D eigenvalue weighted by Gasteiger charge is -2.12. The van der Waals surface area contributed by atoms with Crippen molar-refractivity contribution in [1.82, 2.24) is 4.98 Å². The molecule has 5 rings (SSSR count). The van der Waals surface area contributed by atoms with Gasteiger partial charge in [0, 0.05) is 33.9 Å². The van der Waals surface area contributed by atoms with Crippen LogP contribution in [0.3, 0.4) is 0 Å². The lowest BCUT2D eigenvalue weighted by atomic mass is 10.1. The van der Waals surface area contributed by atoms with Crippen LogP contribution < -0.4 is 10.7 Å². The Morgan fingerprint density at radius 1 is 0.929 bits per heavy atom. The highest BCUT2D eigenvalue weighted by Crippen LogP contribution is 2.33. The van der Waals surface area contributed by atoms with Gasteiger partial charge in [-0.1, -0.05) is 48.0 Å². The Bertz CT molecular complexity index is 1390.